The molecule has 0 amide bonds. The smallest absolute Gasteiger partial charge is 0.339 e. The second-order valence-electron chi connectivity index (χ2n) is 2.82. The summed E-state index contributed by atoms with van der Waals surface area (Å²) in [6.45, 7) is 1.93. The van der Waals surface area contributed by atoms with E-state index in [-0.39, 0.29) is 11.3 Å². The van der Waals surface area contributed by atoms with Crippen molar-refractivity contribution >= 4 is 17.6 Å². The van der Waals surface area contributed by atoms with Gasteiger partial charge in [0.15, 0.2) is 5.75 Å². The molecule has 1 rings (SSSR count). The van der Waals surface area contributed by atoms with Crippen molar-refractivity contribution in [2.45, 2.75) is 13.3 Å². The fourth-order valence-electron chi connectivity index (χ4n) is 1.22. The van der Waals surface area contributed by atoms with Crippen LogP contribution in [0.3, 0.4) is 0 Å². The Kier molecular flexibility index (Phi) is 3.36. The quantitative estimate of drug-likeness (QED) is 0.842. The maximum absolute atomic E-state index is 10.9. The standard InChI is InChI=1S/C10H11ClO3/c1-3-6-4-7(10(12)13)9(14-2)8(11)5-6/h4-5H,3H2,1-2H3,(H,12,13). The number of aryl methyl sites for hydroxylation is 1. The Morgan fingerprint density at radius 2 is 2.21 bits per heavy atom. The minimum Gasteiger partial charge on any atom is -0.494 e. The van der Waals surface area contributed by atoms with E-state index in [0.29, 0.717) is 5.02 Å². The molecule has 0 unspecified atom stereocenters. The Hall–Kier alpha value is -1.22. The Morgan fingerprint density at radius 3 is 2.64 bits per heavy atom. The molecule has 0 bridgehead atoms. The molecule has 1 aromatic rings. The maximum atomic E-state index is 10.9. The highest BCUT2D eigenvalue weighted by Crippen LogP contribution is 2.30. The van der Waals surface area contributed by atoms with E-state index in [0.717, 1.165) is 12.0 Å². The summed E-state index contributed by atoms with van der Waals surface area (Å²) in [7, 11) is 1.40. The zero-order valence-corrected chi connectivity index (χ0v) is 8.76. The summed E-state index contributed by atoms with van der Waals surface area (Å²) in [6.07, 6.45) is 0.740. The first-order valence-corrected chi connectivity index (χ1v) is 4.57. The van der Waals surface area contributed by atoms with Crippen LogP contribution in [0.5, 0.6) is 5.75 Å². The summed E-state index contributed by atoms with van der Waals surface area (Å²) in [5.74, 6) is -0.810. The van der Waals surface area contributed by atoms with Gasteiger partial charge in [0.2, 0.25) is 0 Å². The number of carbonyl (C=O) groups is 1. The topological polar surface area (TPSA) is 46.5 Å². The largest absolute Gasteiger partial charge is 0.494 e. The van der Waals surface area contributed by atoms with Crippen molar-refractivity contribution in [3.8, 4) is 5.75 Å². The first-order valence-electron chi connectivity index (χ1n) is 4.19. The van der Waals surface area contributed by atoms with Gasteiger partial charge < -0.3 is 9.84 Å². The van der Waals surface area contributed by atoms with Gasteiger partial charge in [-0.25, -0.2) is 4.79 Å². The van der Waals surface area contributed by atoms with Gasteiger partial charge in [0.05, 0.1) is 12.1 Å². The molecule has 14 heavy (non-hydrogen) atoms. The van der Waals surface area contributed by atoms with Gasteiger partial charge in [0.1, 0.15) is 5.56 Å². The lowest BCUT2D eigenvalue weighted by Crippen LogP contribution is -2.02. The van der Waals surface area contributed by atoms with Crippen LogP contribution in [-0.2, 0) is 6.42 Å². The number of halogens is 1. The number of hydrogen-bond donors (Lipinski definition) is 1. The van der Waals surface area contributed by atoms with Gasteiger partial charge in [-0.2, -0.15) is 0 Å². The Morgan fingerprint density at radius 1 is 1.57 bits per heavy atom. The first-order chi connectivity index (χ1) is 6.60. The Balaban J connectivity index is 3.35. The van der Waals surface area contributed by atoms with Gasteiger partial charge in [0, 0.05) is 0 Å². The van der Waals surface area contributed by atoms with Gasteiger partial charge >= 0.3 is 5.97 Å². The molecule has 0 saturated carbocycles. The second kappa shape index (κ2) is 4.33. The maximum Gasteiger partial charge on any atom is 0.339 e. The average Bonchev–Trinajstić information content (AvgIpc) is 2.16. The molecule has 0 aliphatic rings. The van der Waals surface area contributed by atoms with Crippen LogP contribution >= 0.6 is 11.6 Å². The van der Waals surface area contributed by atoms with Gasteiger partial charge in [-0.05, 0) is 24.1 Å². The highest BCUT2D eigenvalue weighted by Gasteiger charge is 2.15. The third-order valence-electron chi connectivity index (χ3n) is 1.95. The monoisotopic (exact) mass is 214 g/mol. The normalized spacial score (nSPS) is 9.93. The van der Waals surface area contributed by atoms with E-state index < -0.39 is 5.97 Å². The molecule has 0 fully saturated rings. The predicted molar refractivity (Wildman–Crippen MR) is 54.3 cm³/mol. The van der Waals surface area contributed by atoms with Gasteiger partial charge in [-0.1, -0.05) is 18.5 Å². The number of benzene rings is 1. The minimum absolute atomic E-state index is 0.108. The van der Waals surface area contributed by atoms with Crippen LogP contribution < -0.4 is 4.74 Å². The number of carboxylic acid groups (broad SMARTS) is 1. The number of ether oxygens (including phenoxy) is 1. The lowest BCUT2D eigenvalue weighted by atomic mass is 10.1. The number of aromatic carboxylic acids is 1. The third-order valence-corrected chi connectivity index (χ3v) is 2.23. The van der Waals surface area contributed by atoms with Crippen LogP contribution in [0.4, 0.5) is 0 Å². The zero-order valence-electron chi connectivity index (χ0n) is 8.00. The molecular weight excluding hydrogens is 204 g/mol. The minimum atomic E-state index is -1.03. The van der Waals surface area contributed by atoms with E-state index in [1.54, 1.807) is 12.1 Å². The molecular formula is C10H11ClO3. The molecule has 4 heteroatoms. The van der Waals surface area contributed by atoms with Gasteiger partial charge in [0.25, 0.3) is 0 Å². The van der Waals surface area contributed by atoms with Crippen LogP contribution in [0.25, 0.3) is 0 Å². The van der Waals surface area contributed by atoms with Crippen molar-refractivity contribution in [2.75, 3.05) is 7.11 Å². The molecule has 0 radical (unpaired) electrons. The molecule has 0 aliphatic heterocycles. The molecule has 0 aliphatic carbocycles. The van der Waals surface area contributed by atoms with Crippen LogP contribution in [0, 0.1) is 0 Å². The number of rotatable bonds is 3. The van der Waals surface area contributed by atoms with E-state index >= 15 is 0 Å². The third kappa shape index (κ3) is 1.99. The average molecular weight is 215 g/mol. The summed E-state index contributed by atoms with van der Waals surface area (Å²) >= 11 is 5.87. The SMILES string of the molecule is CCc1cc(Cl)c(OC)c(C(=O)O)c1. The summed E-state index contributed by atoms with van der Waals surface area (Å²) in [6, 6.07) is 3.29. The molecule has 0 atom stereocenters. The van der Waals surface area contributed by atoms with Crippen molar-refractivity contribution in [1.29, 1.82) is 0 Å². The van der Waals surface area contributed by atoms with Crippen LogP contribution in [0.1, 0.15) is 22.8 Å². The highest BCUT2D eigenvalue weighted by atomic mass is 35.5. The summed E-state index contributed by atoms with van der Waals surface area (Å²) in [5, 5.41) is 9.24. The predicted octanol–water partition coefficient (Wildman–Crippen LogP) is 2.61. The van der Waals surface area contributed by atoms with E-state index in [4.69, 9.17) is 21.4 Å². The molecule has 0 aromatic heterocycles. The molecule has 0 heterocycles. The van der Waals surface area contributed by atoms with Crippen LogP contribution in [-0.4, -0.2) is 18.2 Å². The summed E-state index contributed by atoms with van der Waals surface area (Å²) in [5.41, 5.74) is 0.991. The molecule has 0 spiro atoms. The molecule has 1 aromatic carbocycles. The van der Waals surface area contributed by atoms with Gasteiger partial charge in [-0.15, -0.1) is 0 Å². The second-order valence-corrected chi connectivity index (χ2v) is 3.22. The molecule has 0 saturated heterocycles. The van der Waals surface area contributed by atoms with Crippen molar-refractivity contribution in [3.05, 3.63) is 28.3 Å². The zero-order chi connectivity index (χ0) is 10.7. The van der Waals surface area contributed by atoms with E-state index in [2.05, 4.69) is 0 Å². The first kappa shape index (κ1) is 10.9. The molecule has 1 N–H and O–H groups in total. The fourth-order valence-corrected chi connectivity index (χ4v) is 1.54. The van der Waals surface area contributed by atoms with E-state index in [9.17, 15) is 4.79 Å². The van der Waals surface area contributed by atoms with Crippen molar-refractivity contribution < 1.29 is 14.6 Å². The molecule has 76 valence electrons. The number of methoxy groups -OCH3 is 1. The summed E-state index contributed by atoms with van der Waals surface area (Å²) < 4.78 is 4.92. The van der Waals surface area contributed by atoms with Crippen molar-refractivity contribution in [2.24, 2.45) is 0 Å². The summed E-state index contributed by atoms with van der Waals surface area (Å²) in [4.78, 5) is 10.9. The van der Waals surface area contributed by atoms with Crippen molar-refractivity contribution in [1.82, 2.24) is 0 Å². The van der Waals surface area contributed by atoms with Gasteiger partial charge in [-0.3, -0.25) is 0 Å². The van der Waals surface area contributed by atoms with Crippen LogP contribution in [0.2, 0.25) is 5.02 Å². The Labute approximate surface area is 87.3 Å². The number of carboxylic acids is 1. The lowest BCUT2D eigenvalue weighted by molar-refractivity contribution is 0.0693. The number of hydrogen-bond acceptors (Lipinski definition) is 2. The molecule has 3 nitrogen and oxygen atoms in total. The fraction of sp³-hybridized carbons (Fsp3) is 0.300. The van der Waals surface area contributed by atoms with E-state index in [1.807, 2.05) is 6.92 Å². The lowest BCUT2D eigenvalue weighted by Gasteiger charge is -2.08. The van der Waals surface area contributed by atoms with Crippen LogP contribution in [0.15, 0.2) is 12.1 Å². The van der Waals surface area contributed by atoms with E-state index in [1.165, 1.54) is 7.11 Å². The Bertz CT molecular complexity index is 361. The highest BCUT2D eigenvalue weighted by molar-refractivity contribution is 6.32. The van der Waals surface area contributed by atoms with Crippen molar-refractivity contribution in [3.63, 3.8) is 0 Å².